The highest BCUT2D eigenvalue weighted by Gasteiger charge is 2.30. The average molecular weight is 293 g/mol. The minimum atomic E-state index is 0.204. The SMILES string of the molecule is Cc1nnnn1[C@H]1c2ccccc2CC[C@@H]1Br. The molecular weight excluding hydrogens is 280 g/mol. The van der Waals surface area contributed by atoms with Gasteiger partial charge in [-0.3, -0.25) is 0 Å². The summed E-state index contributed by atoms with van der Waals surface area (Å²) in [4.78, 5) is 0.389. The molecule has 0 saturated heterocycles. The number of hydrogen-bond donors (Lipinski definition) is 0. The van der Waals surface area contributed by atoms with Gasteiger partial charge in [0, 0.05) is 4.83 Å². The average Bonchev–Trinajstić information content (AvgIpc) is 2.75. The molecule has 5 heteroatoms. The molecule has 17 heavy (non-hydrogen) atoms. The molecule has 0 aliphatic heterocycles. The lowest BCUT2D eigenvalue weighted by Gasteiger charge is -2.30. The largest absolute Gasteiger partial charge is 0.221 e. The molecule has 1 aliphatic carbocycles. The second kappa shape index (κ2) is 4.22. The van der Waals surface area contributed by atoms with Crippen molar-refractivity contribution in [1.29, 1.82) is 0 Å². The minimum absolute atomic E-state index is 0.204. The first-order valence-corrected chi connectivity index (χ1v) is 6.65. The van der Waals surface area contributed by atoms with Crippen LogP contribution in [0.15, 0.2) is 24.3 Å². The molecule has 1 aromatic heterocycles. The summed E-state index contributed by atoms with van der Waals surface area (Å²) in [6.45, 7) is 1.94. The van der Waals surface area contributed by atoms with Gasteiger partial charge >= 0.3 is 0 Å². The number of aryl methyl sites for hydroxylation is 2. The van der Waals surface area contributed by atoms with Crippen molar-refractivity contribution in [3.8, 4) is 0 Å². The van der Waals surface area contributed by atoms with Crippen molar-refractivity contribution in [2.45, 2.75) is 30.6 Å². The van der Waals surface area contributed by atoms with Gasteiger partial charge in [-0.15, -0.1) is 5.10 Å². The Hall–Kier alpha value is -1.23. The molecular formula is C12H13BrN4. The second-order valence-electron chi connectivity index (χ2n) is 4.37. The molecule has 0 amide bonds. The Morgan fingerprint density at radius 3 is 2.94 bits per heavy atom. The summed E-state index contributed by atoms with van der Waals surface area (Å²) in [5.74, 6) is 0.858. The molecule has 3 rings (SSSR count). The highest BCUT2D eigenvalue weighted by molar-refractivity contribution is 9.09. The number of nitrogens with zero attached hydrogens (tertiary/aromatic N) is 4. The summed E-state index contributed by atoms with van der Waals surface area (Å²) in [5.41, 5.74) is 2.74. The normalized spacial score (nSPS) is 23.4. The monoisotopic (exact) mass is 292 g/mol. The Bertz CT molecular complexity index is 537. The van der Waals surface area contributed by atoms with Crippen LogP contribution in [-0.2, 0) is 6.42 Å². The first-order valence-electron chi connectivity index (χ1n) is 5.73. The van der Waals surface area contributed by atoms with E-state index in [0.29, 0.717) is 4.83 Å². The molecule has 0 fully saturated rings. The van der Waals surface area contributed by atoms with Gasteiger partial charge in [0.1, 0.15) is 5.82 Å². The Labute approximate surface area is 108 Å². The number of fused-ring (bicyclic) bond motifs is 1. The summed E-state index contributed by atoms with van der Waals surface area (Å²) in [5, 5.41) is 11.8. The van der Waals surface area contributed by atoms with Crippen molar-refractivity contribution in [3.63, 3.8) is 0 Å². The third kappa shape index (κ3) is 1.78. The van der Waals surface area contributed by atoms with Gasteiger partial charge in [-0.05, 0) is 41.3 Å². The molecule has 0 radical (unpaired) electrons. The number of alkyl halides is 1. The molecule has 88 valence electrons. The molecule has 2 atom stereocenters. The molecule has 0 N–H and O–H groups in total. The lowest BCUT2D eigenvalue weighted by atomic mass is 9.87. The molecule has 0 unspecified atom stereocenters. The fraction of sp³-hybridized carbons (Fsp3) is 0.417. The van der Waals surface area contributed by atoms with Gasteiger partial charge in [-0.1, -0.05) is 40.2 Å². The number of rotatable bonds is 1. The Balaban J connectivity index is 2.13. The van der Waals surface area contributed by atoms with Crippen molar-refractivity contribution in [1.82, 2.24) is 20.2 Å². The second-order valence-corrected chi connectivity index (χ2v) is 5.55. The molecule has 1 aromatic carbocycles. The Morgan fingerprint density at radius 2 is 2.18 bits per heavy atom. The van der Waals surface area contributed by atoms with Gasteiger partial charge in [0.25, 0.3) is 0 Å². The van der Waals surface area contributed by atoms with E-state index in [1.54, 1.807) is 0 Å². The van der Waals surface area contributed by atoms with Gasteiger partial charge in [0.15, 0.2) is 0 Å². The standard InChI is InChI=1S/C12H13BrN4/c1-8-14-15-16-17(8)12-10-5-3-2-4-9(10)6-7-11(12)13/h2-5,11-12H,6-7H2,1H3/t11-,12-/m0/s1. The van der Waals surface area contributed by atoms with E-state index in [1.165, 1.54) is 11.1 Å². The molecule has 0 bridgehead atoms. The predicted molar refractivity (Wildman–Crippen MR) is 68.2 cm³/mol. The van der Waals surface area contributed by atoms with Crippen LogP contribution in [0.25, 0.3) is 0 Å². The summed E-state index contributed by atoms with van der Waals surface area (Å²) in [7, 11) is 0. The maximum Gasteiger partial charge on any atom is 0.148 e. The zero-order valence-corrected chi connectivity index (χ0v) is 11.1. The Kier molecular flexibility index (Phi) is 2.70. The van der Waals surface area contributed by atoms with Crippen LogP contribution in [0.3, 0.4) is 0 Å². The number of tetrazole rings is 1. The smallest absolute Gasteiger partial charge is 0.148 e. The quantitative estimate of drug-likeness (QED) is 0.758. The highest BCUT2D eigenvalue weighted by Crippen LogP contribution is 2.36. The molecule has 1 aliphatic rings. The van der Waals surface area contributed by atoms with Crippen molar-refractivity contribution < 1.29 is 0 Å². The Morgan fingerprint density at radius 1 is 1.35 bits per heavy atom. The molecule has 0 saturated carbocycles. The topological polar surface area (TPSA) is 43.6 Å². The third-order valence-electron chi connectivity index (χ3n) is 3.33. The molecule has 0 spiro atoms. The van der Waals surface area contributed by atoms with Crippen LogP contribution in [0.4, 0.5) is 0 Å². The molecule has 4 nitrogen and oxygen atoms in total. The summed E-state index contributed by atoms with van der Waals surface area (Å²) in [6, 6.07) is 8.75. The lowest BCUT2D eigenvalue weighted by molar-refractivity contribution is 0.448. The van der Waals surface area contributed by atoms with E-state index in [9.17, 15) is 0 Å². The first kappa shape index (κ1) is 10.9. The minimum Gasteiger partial charge on any atom is -0.221 e. The number of halogens is 1. The van der Waals surface area contributed by atoms with Gasteiger partial charge < -0.3 is 0 Å². The molecule has 2 aromatic rings. The van der Waals surface area contributed by atoms with E-state index in [1.807, 2.05) is 11.6 Å². The number of hydrogen-bond acceptors (Lipinski definition) is 3. The maximum absolute atomic E-state index is 4.11. The molecule has 1 heterocycles. The van der Waals surface area contributed by atoms with Crippen molar-refractivity contribution in [2.24, 2.45) is 0 Å². The van der Waals surface area contributed by atoms with Crippen molar-refractivity contribution in [2.75, 3.05) is 0 Å². The van der Waals surface area contributed by atoms with E-state index in [0.717, 1.165) is 18.7 Å². The maximum atomic E-state index is 4.11. The third-order valence-corrected chi connectivity index (χ3v) is 4.29. The van der Waals surface area contributed by atoms with Crippen molar-refractivity contribution >= 4 is 15.9 Å². The van der Waals surface area contributed by atoms with Gasteiger partial charge in [0.05, 0.1) is 6.04 Å². The first-order chi connectivity index (χ1) is 8.27. The zero-order chi connectivity index (χ0) is 11.8. The zero-order valence-electron chi connectivity index (χ0n) is 9.55. The van der Waals surface area contributed by atoms with E-state index in [2.05, 4.69) is 55.7 Å². The van der Waals surface area contributed by atoms with E-state index in [4.69, 9.17) is 0 Å². The lowest BCUT2D eigenvalue weighted by Crippen LogP contribution is -2.28. The number of aromatic nitrogens is 4. The van der Waals surface area contributed by atoms with Crippen LogP contribution in [-0.4, -0.2) is 25.0 Å². The van der Waals surface area contributed by atoms with Gasteiger partial charge in [-0.25, -0.2) is 4.68 Å². The van der Waals surface area contributed by atoms with Crippen LogP contribution < -0.4 is 0 Å². The van der Waals surface area contributed by atoms with Crippen LogP contribution >= 0.6 is 15.9 Å². The van der Waals surface area contributed by atoms with Crippen LogP contribution in [0.1, 0.15) is 29.4 Å². The predicted octanol–water partition coefficient (Wildman–Crippen LogP) is 2.28. The highest BCUT2D eigenvalue weighted by atomic mass is 79.9. The van der Waals surface area contributed by atoms with E-state index >= 15 is 0 Å². The van der Waals surface area contributed by atoms with Crippen LogP contribution in [0.2, 0.25) is 0 Å². The van der Waals surface area contributed by atoms with Gasteiger partial charge in [0.2, 0.25) is 0 Å². The fourth-order valence-corrected chi connectivity index (χ4v) is 3.21. The summed E-state index contributed by atoms with van der Waals surface area (Å²) < 4.78 is 1.91. The fourth-order valence-electron chi connectivity index (χ4n) is 2.48. The number of benzene rings is 1. The van der Waals surface area contributed by atoms with E-state index in [-0.39, 0.29) is 6.04 Å². The van der Waals surface area contributed by atoms with Crippen LogP contribution in [0.5, 0.6) is 0 Å². The van der Waals surface area contributed by atoms with Crippen LogP contribution in [0, 0.1) is 6.92 Å². The van der Waals surface area contributed by atoms with E-state index < -0.39 is 0 Å². The summed E-state index contributed by atoms with van der Waals surface area (Å²) >= 11 is 3.76. The van der Waals surface area contributed by atoms with Crippen molar-refractivity contribution in [3.05, 3.63) is 41.2 Å². The summed E-state index contributed by atoms with van der Waals surface area (Å²) in [6.07, 6.45) is 2.23. The van der Waals surface area contributed by atoms with Gasteiger partial charge in [-0.2, -0.15) is 0 Å².